The number of nitrogens with one attached hydrogen (secondary N) is 1. The minimum absolute atomic E-state index is 0.0390. The van der Waals surface area contributed by atoms with Crippen molar-refractivity contribution < 1.29 is 13.9 Å². The Balaban J connectivity index is 1.31. The highest BCUT2D eigenvalue weighted by Gasteiger charge is 2.32. The second-order valence-corrected chi connectivity index (χ2v) is 8.00. The first-order valence-electron chi connectivity index (χ1n) is 10.3. The summed E-state index contributed by atoms with van der Waals surface area (Å²) in [6, 6.07) is 7.40. The molecule has 1 aromatic heterocycles. The maximum atomic E-state index is 12.3. The van der Waals surface area contributed by atoms with Crippen LogP contribution in [0.15, 0.2) is 33.5 Å². The van der Waals surface area contributed by atoms with Crippen LogP contribution in [0.4, 0.5) is 0 Å². The number of ether oxygens (including phenoxy) is 1. The lowest BCUT2D eigenvalue weighted by Crippen LogP contribution is -2.51. The van der Waals surface area contributed by atoms with E-state index in [1.807, 2.05) is 13.0 Å². The monoisotopic (exact) mass is 384 g/mol. The van der Waals surface area contributed by atoms with Gasteiger partial charge in [-0.05, 0) is 69.3 Å². The molecule has 2 fully saturated rings. The number of amides is 1. The predicted molar refractivity (Wildman–Crippen MR) is 108 cm³/mol. The highest BCUT2D eigenvalue weighted by Crippen LogP contribution is 2.30. The molecule has 3 heterocycles. The van der Waals surface area contributed by atoms with Gasteiger partial charge >= 0.3 is 5.63 Å². The molecule has 6 heteroatoms. The third kappa shape index (κ3) is 4.22. The van der Waals surface area contributed by atoms with Gasteiger partial charge in [0, 0.05) is 30.1 Å². The fourth-order valence-corrected chi connectivity index (χ4v) is 4.66. The number of benzene rings is 1. The summed E-state index contributed by atoms with van der Waals surface area (Å²) < 4.78 is 10.8. The van der Waals surface area contributed by atoms with E-state index in [0.29, 0.717) is 23.3 Å². The Labute approximate surface area is 164 Å². The van der Waals surface area contributed by atoms with Crippen molar-refractivity contribution in [2.75, 3.05) is 26.2 Å². The van der Waals surface area contributed by atoms with Crippen LogP contribution >= 0.6 is 0 Å². The van der Waals surface area contributed by atoms with E-state index in [-0.39, 0.29) is 18.1 Å². The summed E-state index contributed by atoms with van der Waals surface area (Å²) in [6.07, 6.45) is 6.25. The number of carbonyl (C=O) groups is 1. The number of piperidine rings is 2. The van der Waals surface area contributed by atoms with Gasteiger partial charge in [0.25, 0.3) is 5.91 Å². The Bertz CT molecular complexity index is 905. The van der Waals surface area contributed by atoms with E-state index in [9.17, 15) is 9.59 Å². The number of hydrogen-bond acceptors (Lipinski definition) is 5. The fourth-order valence-electron chi connectivity index (χ4n) is 4.66. The maximum absolute atomic E-state index is 12.3. The molecule has 2 aliphatic rings. The first-order chi connectivity index (χ1) is 13.6. The third-order valence-electron chi connectivity index (χ3n) is 6.08. The van der Waals surface area contributed by atoms with Crippen LogP contribution in [0.3, 0.4) is 0 Å². The van der Waals surface area contributed by atoms with Gasteiger partial charge in [-0.15, -0.1) is 0 Å². The maximum Gasteiger partial charge on any atom is 0.336 e. The number of fused-ring (bicyclic) bond motifs is 2. The number of carbonyl (C=O) groups excluding carboxylic acids is 1. The highest BCUT2D eigenvalue weighted by atomic mass is 16.5. The lowest BCUT2D eigenvalue weighted by molar-refractivity contribution is -0.123. The average molecular weight is 384 g/mol. The van der Waals surface area contributed by atoms with Gasteiger partial charge in [0.15, 0.2) is 6.61 Å². The van der Waals surface area contributed by atoms with Crippen LogP contribution in [0.5, 0.6) is 5.75 Å². The standard InChI is InChI=1S/C22H28N2O4/c1-15-11-22(26)28-20-12-17(7-8-18(15)20)27-14-21(25)23-13-16-5-4-10-24-9-3-2-6-19(16)24/h7-8,11-12,16,19H,2-6,9-10,13-14H2,1H3,(H,23,25)/t16-,19+/m0/s1. The van der Waals surface area contributed by atoms with Crippen LogP contribution in [-0.4, -0.2) is 43.1 Å². The van der Waals surface area contributed by atoms with Crippen LogP contribution in [-0.2, 0) is 4.79 Å². The molecule has 2 saturated heterocycles. The molecule has 1 amide bonds. The summed E-state index contributed by atoms with van der Waals surface area (Å²) in [4.78, 5) is 26.4. The molecule has 150 valence electrons. The number of hydrogen-bond donors (Lipinski definition) is 1. The van der Waals surface area contributed by atoms with Gasteiger partial charge in [0.05, 0.1) is 0 Å². The van der Waals surface area contributed by atoms with Gasteiger partial charge < -0.3 is 19.4 Å². The van der Waals surface area contributed by atoms with Crippen molar-refractivity contribution >= 4 is 16.9 Å². The second-order valence-electron chi connectivity index (χ2n) is 8.00. The van der Waals surface area contributed by atoms with E-state index in [1.54, 1.807) is 12.1 Å². The van der Waals surface area contributed by atoms with Gasteiger partial charge in [0.1, 0.15) is 11.3 Å². The van der Waals surface area contributed by atoms with Crippen LogP contribution in [0.1, 0.15) is 37.7 Å². The molecule has 0 bridgehead atoms. The average Bonchev–Trinajstić information content (AvgIpc) is 2.70. The van der Waals surface area contributed by atoms with E-state index in [4.69, 9.17) is 9.15 Å². The molecule has 0 saturated carbocycles. The summed E-state index contributed by atoms with van der Waals surface area (Å²) in [6.45, 7) is 4.95. The normalized spacial score (nSPS) is 22.6. The van der Waals surface area contributed by atoms with E-state index < -0.39 is 0 Å². The molecule has 0 aliphatic carbocycles. The molecular weight excluding hydrogens is 356 g/mol. The summed E-state index contributed by atoms with van der Waals surface area (Å²) >= 11 is 0. The van der Waals surface area contributed by atoms with Crippen LogP contribution < -0.4 is 15.7 Å². The van der Waals surface area contributed by atoms with Crippen molar-refractivity contribution in [1.82, 2.24) is 10.2 Å². The molecule has 0 unspecified atom stereocenters. The molecule has 0 spiro atoms. The molecule has 1 N–H and O–H groups in total. The summed E-state index contributed by atoms with van der Waals surface area (Å²) in [7, 11) is 0. The van der Waals surface area contributed by atoms with Crippen molar-refractivity contribution in [3.63, 3.8) is 0 Å². The largest absolute Gasteiger partial charge is 0.484 e. The zero-order valence-corrected chi connectivity index (χ0v) is 16.4. The molecule has 6 nitrogen and oxygen atoms in total. The Hall–Kier alpha value is -2.34. The molecule has 0 radical (unpaired) electrons. The van der Waals surface area contributed by atoms with Gasteiger partial charge in [-0.2, -0.15) is 0 Å². The quantitative estimate of drug-likeness (QED) is 0.803. The molecule has 2 aliphatic heterocycles. The smallest absolute Gasteiger partial charge is 0.336 e. The molecule has 4 rings (SSSR count). The molecule has 28 heavy (non-hydrogen) atoms. The van der Waals surface area contributed by atoms with Crippen molar-refractivity contribution in [1.29, 1.82) is 0 Å². The first-order valence-corrected chi connectivity index (χ1v) is 10.3. The van der Waals surface area contributed by atoms with E-state index >= 15 is 0 Å². The lowest BCUT2D eigenvalue weighted by atomic mass is 9.83. The predicted octanol–water partition coefficient (Wildman–Crippen LogP) is 2.86. The number of nitrogens with zero attached hydrogens (tertiary/aromatic N) is 1. The molecular formula is C22H28N2O4. The van der Waals surface area contributed by atoms with Gasteiger partial charge in [-0.1, -0.05) is 6.42 Å². The first kappa shape index (κ1) is 19.0. The van der Waals surface area contributed by atoms with E-state index in [0.717, 1.165) is 17.5 Å². The summed E-state index contributed by atoms with van der Waals surface area (Å²) in [5.74, 6) is 0.946. The fraction of sp³-hybridized carbons (Fsp3) is 0.545. The highest BCUT2D eigenvalue weighted by molar-refractivity contribution is 5.81. The topological polar surface area (TPSA) is 71.8 Å². The van der Waals surface area contributed by atoms with Gasteiger partial charge in [-0.25, -0.2) is 4.79 Å². The van der Waals surface area contributed by atoms with Crippen LogP contribution in [0.2, 0.25) is 0 Å². The molecule has 1 aromatic carbocycles. The summed E-state index contributed by atoms with van der Waals surface area (Å²) in [5, 5.41) is 3.91. The van der Waals surface area contributed by atoms with Gasteiger partial charge in [0.2, 0.25) is 0 Å². The van der Waals surface area contributed by atoms with Crippen molar-refractivity contribution in [2.45, 2.75) is 45.1 Å². The van der Waals surface area contributed by atoms with Crippen LogP contribution in [0, 0.1) is 12.8 Å². The third-order valence-corrected chi connectivity index (χ3v) is 6.08. The Morgan fingerprint density at radius 3 is 2.96 bits per heavy atom. The molecule has 2 aromatic rings. The molecule has 2 atom stereocenters. The Kier molecular flexibility index (Phi) is 5.67. The summed E-state index contributed by atoms with van der Waals surface area (Å²) in [5.41, 5.74) is 0.950. The number of aryl methyl sites for hydroxylation is 1. The van der Waals surface area contributed by atoms with Crippen molar-refractivity contribution in [3.8, 4) is 5.75 Å². The van der Waals surface area contributed by atoms with E-state index in [2.05, 4.69) is 10.2 Å². The minimum atomic E-state index is -0.385. The van der Waals surface area contributed by atoms with Crippen LogP contribution in [0.25, 0.3) is 11.0 Å². The SMILES string of the molecule is Cc1cc(=O)oc2cc(OCC(=O)NC[C@@H]3CCCN4CCCC[C@H]34)ccc12. The lowest BCUT2D eigenvalue weighted by Gasteiger charge is -2.44. The Morgan fingerprint density at radius 2 is 2.07 bits per heavy atom. The number of rotatable bonds is 5. The van der Waals surface area contributed by atoms with Crippen molar-refractivity contribution in [2.24, 2.45) is 5.92 Å². The van der Waals surface area contributed by atoms with Crippen molar-refractivity contribution in [3.05, 3.63) is 40.2 Å². The zero-order valence-electron chi connectivity index (χ0n) is 16.4. The zero-order chi connectivity index (χ0) is 19.5. The minimum Gasteiger partial charge on any atom is -0.484 e. The van der Waals surface area contributed by atoms with E-state index in [1.165, 1.54) is 51.3 Å². The Morgan fingerprint density at radius 1 is 1.21 bits per heavy atom. The van der Waals surface area contributed by atoms with Gasteiger partial charge in [-0.3, -0.25) is 4.79 Å². The second kappa shape index (κ2) is 8.35.